The van der Waals surface area contributed by atoms with E-state index in [1.807, 2.05) is 0 Å². The summed E-state index contributed by atoms with van der Waals surface area (Å²) in [5, 5.41) is 12.9. The van der Waals surface area contributed by atoms with Gasteiger partial charge in [-0.05, 0) is 62.9 Å². The number of benzene rings is 1. The summed E-state index contributed by atoms with van der Waals surface area (Å²) in [4.78, 5) is 55.6. The molecular formula is C28H31N3O7. The van der Waals surface area contributed by atoms with Crippen LogP contribution in [0.25, 0.3) is 5.57 Å². The van der Waals surface area contributed by atoms with Crippen molar-refractivity contribution in [3.8, 4) is 0 Å². The predicted molar refractivity (Wildman–Crippen MR) is 137 cm³/mol. The van der Waals surface area contributed by atoms with E-state index < -0.39 is 36.2 Å². The maximum absolute atomic E-state index is 13.1. The minimum Gasteiger partial charge on any atom is -0.427 e. The Kier molecular flexibility index (Phi) is 7.63. The lowest BCUT2D eigenvalue weighted by Crippen LogP contribution is -2.61. The van der Waals surface area contributed by atoms with Gasteiger partial charge in [0.1, 0.15) is 5.70 Å². The zero-order valence-corrected chi connectivity index (χ0v) is 21.8. The van der Waals surface area contributed by atoms with Gasteiger partial charge in [0.05, 0.1) is 29.9 Å². The molecule has 2 amide bonds. The van der Waals surface area contributed by atoms with Gasteiger partial charge in [-0.2, -0.15) is 0 Å². The highest BCUT2D eigenvalue weighted by atomic mass is 16.7. The van der Waals surface area contributed by atoms with Crippen LogP contribution in [0.15, 0.2) is 54.5 Å². The first-order chi connectivity index (χ1) is 18.0. The molecule has 1 saturated heterocycles. The van der Waals surface area contributed by atoms with Crippen molar-refractivity contribution in [1.29, 1.82) is 0 Å². The number of fused-ring (bicyclic) bond motifs is 1. The van der Waals surface area contributed by atoms with Gasteiger partial charge in [0.25, 0.3) is 0 Å². The summed E-state index contributed by atoms with van der Waals surface area (Å²) >= 11 is 0. The number of ether oxygens (including phenoxy) is 2. The Labute approximate surface area is 220 Å². The second-order valence-electron chi connectivity index (χ2n) is 10.5. The molecule has 200 valence electrons. The number of rotatable bonds is 8. The number of esters is 2. The van der Waals surface area contributed by atoms with Crippen LogP contribution in [0.4, 0.5) is 5.69 Å². The number of hydrogen-bond acceptors (Lipinski definition) is 8. The topological polar surface area (TPSA) is 135 Å². The number of carbonyl (C=O) groups excluding carboxylic acids is 4. The van der Waals surface area contributed by atoms with Crippen molar-refractivity contribution in [2.75, 3.05) is 12.1 Å². The van der Waals surface area contributed by atoms with E-state index in [1.165, 1.54) is 4.90 Å². The molecule has 0 radical (unpaired) electrons. The van der Waals surface area contributed by atoms with Crippen LogP contribution in [0.2, 0.25) is 0 Å². The van der Waals surface area contributed by atoms with E-state index in [4.69, 9.17) is 9.47 Å². The van der Waals surface area contributed by atoms with Gasteiger partial charge in [-0.3, -0.25) is 19.4 Å². The molecule has 0 aliphatic carbocycles. The van der Waals surface area contributed by atoms with Crippen molar-refractivity contribution in [3.05, 3.63) is 65.6 Å². The molecule has 4 rings (SSSR count). The molecule has 10 heteroatoms. The van der Waals surface area contributed by atoms with Gasteiger partial charge in [-0.15, -0.1) is 0 Å². The van der Waals surface area contributed by atoms with Gasteiger partial charge in [0, 0.05) is 18.1 Å². The Balaban J connectivity index is 1.51. The van der Waals surface area contributed by atoms with Crippen molar-refractivity contribution >= 4 is 35.0 Å². The molecular weight excluding hydrogens is 490 g/mol. The number of nitrogens with one attached hydrogen (secondary N) is 1. The first-order valence-corrected chi connectivity index (χ1v) is 12.3. The molecule has 38 heavy (non-hydrogen) atoms. The largest absolute Gasteiger partial charge is 0.427 e. The van der Waals surface area contributed by atoms with Crippen molar-refractivity contribution in [1.82, 2.24) is 9.88 Å². The van der Waals surface area contributed by atoms with E-state index in [2.05, 4.69) is 10.3 Å². The SMILES string of the molecule is C[C@@H](O)[C@H]1C(=O)N2C(C(=O)OCOC(=O)C(C)(C)C)=C(c3ccc(CC(=O)Nc4ccncc4)cc3)C[C@H]12. The number of aliphatic hydroxyl groups excluding tert-OH is 1. The maximum atomic E-state index is 13.1. The number of pyridine rings is 1. The third-order valence-electron chi connectivity index (χ3n) is 6.55. The van der Waals surface area contributed by atoms with Crippen LogP contribution >= 0.6 is 0 Å². The van der Waals surface area contributed by atoms with E-state index in [-0.39, 0.29) is 30.0 Å². The fourth-order valence-corrected chi connectivity index (χ4v) is 4.59. The van der Waals surface area contributed by atoms with Gasteiger partial charge in [0.15, 0.2) is 0 Å². The number of aromatic nitrogens is 1. The third kappa shape index (κ3) is 5.60. The number of carbonyl (C=O) groups is 4. The fraction of sp³-hybridized carbons (Fsp3) is 0.393. The Morgan fingerprint density at radius 2 is 1.76 bits per heavy atom. The number of aliphatic hydroxyl groups is 1. The molecule has 2 aliphatic rings. The van der Waals surface area contributed by atoms with Crippen LogP contribution in [-0.2, 0) is 35.1 Å². The van der Waals surface area contributed by atoms with Crippen molar-refractivity contribution in [2.24, 2.45) is 11.3 Å². The maximum Gasteiger partial charge on any atom is 0.358 e. The molecule has 0 unspecified atom stereocenters. The van der Waals surface area contributed by atoms with Gasteiger partial charge >= 0.3 is 11.9 Å². The second-order valence-corrected chi connectivity index (χ2v) is 10.5. The summed E-state index contributed by atoms with van der Waals surface area (Å²) in [6.45, 7) is 6.01. The lowest BCUT2D eigenvalue weighted by Gasteiger charge is -2.44. The highest BCUT2D eigenvalue weighted by molar-refractivity contribution is 6.06. The smallest absolute Gasteiger partial charge is 0.358 e. The summed E-state index contributed by atoms with van der Waals surface area (Å²) in [5.41, 5.74) is 2.01. The molecule has 0 saturated carbocycles. The third-order valence-corrected chi connectivity index (χ3v) is 6.55. The van der Waals surface area contributed by atoms with E-state index in [0.29, 0.717) is 23.2 Å². The first-order valence-electron chi connectivity index (χ1n) is 12.3. The number of anilines is 1. The molecule has 2 N–H and O–H groups in total. The zero-order valence-electron chi connectivity index (χ0n) is 21.8. The first kappa shape index (κ1) is 27.0. The highest BCUT2D eigenvalue weighted by Crippen LogP contribution is 2.47. The van der Waals surface area contributed by atoms with Crippen LogP contribution in [0.3, 0.4) is 0 Å². The van der Waals surface area contributed by atoms with Gasteiger partial charge in [-0.25, -0.2) is 4.79 Å². The van der Waals surface area contributed by atoms with Crippen LogP contribution in [0.1, 0.15) is 45.2 Å². The lowest BCUT2D eigenvalue weighted by molar-refractivity contribution is -0.175. The molecule has 2 aromatic rings. The van der Waals surface area contributed by atoms with Crippen molar-refractivity contribution in [2.45, 2.75) is 52.7 Å². The van der Waals surface area contributed by atoms with Crippen LogP contribution in [-0.4, -0.2) is 57.7 Å². The number of β-lactam (4-membered cyclic amide) rings is 1. The molecule has 0 bridgehead atoms. The average Bonchev–Trinajstić information content (AvgIpc) is 3.19. The monoisotopic (exact) mass is 521 g/mol. The van der Waals surface area contributed by atoms with Gasteiger partial charge in [-0.1, -0.05) is 24.3 Å². The molecule has 2 aliphatic heterocycles. The van der Waals surface area contributed by atoms with Crippen LogP contribution < -0.4 is 5.32 Å². The van der Waals surface area contributed by atoms with Crippen LogP contribution in [0.5, 0.6) is 0 Å². The molecule has 1 aromatic heterocycles. The molecule has 3 atom stereocenters. The number of hydrogen-bond donors (Lipinski definition) is 2. The molecule has 0 spiro atoms. The lowest BCUT2D eigenvalue weighted by atomic mass is 9.82. The highest BCUT2D eigenvalue weighted by Gasteiger charge is 2.57. The minimum absolute atomic E-state index is 0.0758. The summed E-state index contributed by atoms with van der Waals surface area (Å²) in [5.74, 6) is -2.48. The Bertz CT molecular complexity index is 1260. The van der Waals surface area contributed by atoms with Gasteiger partial charge in [0.2, 0.25) is 18.6 Å². The van der Waals surface area contributed by atoms with Crippen molar-refractivity contribution in [3.63, 3.8) is 0 Å². The predicted octanol–water partition coefficient (Wildman–Crippen LogP) is 2.68. The van der Waals surface area contributed by atoms with E-state index in [9.17, 15) is 24.3 Å². The molecule has 3 heterocycles. The van der Waals surface area contributed by atoms with E-state index in [1.54, 1.807) is 76.5 Å². The quantitative estimate of drug-likeness (QED) is 0.308. The minimum atomic E-state index is -0.866. The van der Waals surface area contributed by atoms with Crippen LogP contribution in [0, 0.1) is 11.3 Å². The van der Waals surface area contributed by atoms with Crippen molar-refractivity contribution < 1.29 is 33.8 Å². The summed E-state index contributed by atoms with van der Waals surface area (Å²) in [7, 11) is 0. The Morgan fingerprint density at radius 3 is 2.37 bits per heavy atom. The number of amides is 2. The normalized spacial score (nSPS) is 19.4. The Morgan fingerprint density at radius 1 is 1.11 bits per heavy atom. The number of nitrogens with zero attached hydrogens (tertiary/aromatic N) is 2. The summed E-state index contributed by atoms with van der Waals surface area (Å²) in [6, 6.07) is 10.2. The van der Waals surface area contributed by atoms with E-state index >= 15 is 0 Å². The van der Waals surface area contributed by atoms with E-state index in [0.717, 1.165) is 5.56 Å². The molecule has 1 fully saturated rings. The standard InChI is InChI=1S/C28H31N3O7/c1-16(32)23-21-14-20(24(31(21)25(23)34)26(35)37-15-38-27(36)28(2,3)4)18-7-5-17(6-8-18)13-22(33)30-19-9-11-29-12-10-19/h5-12,16,21,23,32H,13-15H2,1-4H3,(H,29,30,33)/t16-,21-,23-/m1/s1. The molecule has 1 aromatic carbocycles. The average molecular weight is 522 g/mol. The fourth-order valence-electron chi connectivity index (χ4n) is 4.59. The van der Waals surface area contributed by atoms with Gasteiger partial charge < -0.3 is 24.8 Å². The second kappa shape index (κ2) is 10.7. The summed E-state index contributed by atoms with van der Waals surface area (Å²) in [6.07, 6.45) is 2.82. The molecule has 10 nitrogen and oxygen atoms in total. The zero-order chi connectivity index (χ0) is 27.6. The summed E-state index contributed by atoms with van der Waals surface area (Å²) < 4.78 is 10.3. The Hall–Kier alpha value is -4.05.